The van der Waals surface area contributed by atoms with E-state index in [1.54, 1.807) is 27.8 Å². The van der Waals surface area contributed by atoms with E-state index in [0.717, 1.165) is 6.54 Å². The summed E-state index contributed by atoms with van der Waals surface area (Å²) in [6.45, 7) is 1.56. The number of hydrogen-bond donors (Lipinski definition) is 1. The van der Waals surface area contributed by atoms with Crippen LogP contribution in [0.2, 0.25) is 0 Å². The summed E-state index contributed by atoms with van der Waals surface area (Å²) in [6, 6.07) is 0. The van der Waals surface area contributed by atoms with Gasteiger partial charge in [-0.05, 0) is 7.05 Å². The van der Waals surface area contributed by atoms with E-state index in [9.17, 15) is 8.42 Å². The molecule has 9 heteroatoms. The summed E-state index contributed by atoms with van der Waals surface area (Å²) in [5.41, 5.74) is 0. The zero-order valence-corrected chi connectivity index (χ0v) is 13.2. The van der Waals surface area contributed by atoms with Crippen molar-refractivity contribution < 1.29 is 8.42 Å². The van der Waals surface area contributed by atoms with Crippen LogP contribution < -0.4 is 5.32 Å². The van der Waals surface area contributed by atoms with Crippen molar-refractivity contribution >= 4 is 10.0 Å². The molecule has 0 saturated heterocycles. The number of likely N-dealkylation sites (N-methyl/N-ethyl adjacent to an activating group) is 1. The maximum atomic E-state index is 12.5. The van der Waals surface area contributed by atoms with Crippen LogP contribution in [-0.2, 0) is 30.2 Å². The lowest BCUT2D eigenvalue weighted by Gasteiger charge is -2.15. The van der Waals surface area contributed by atoms with Crippen LogP contribution in [0.1, 0.15) is 5.82 Å². The Morgan fingerprint density at radius 1 is 1.43 bits per heavy atom. The second-order valence-electron chi connectivity index (χ2n) is 4.76. The van der Waals surface area contributed by atoms with E-state index in [1.165, 1.54) is 17.5 Å². The van der Waals surface area contributed by atoms with Crippen LogP contribution in [0.15, 0.2) is 29.7 Å². The van der Waals surface area contributed by atoms with Crippen molar-refractivity contribution in [3.63, 3.8) is 0 Å². The van der Waals surface area contributed by atoms with Gasteiger partial charge in [-0.1, -0.05) is 0 Å². The highest BCUT2D eigenvalue weighted by atomic mass is 32.2. The highest BCUT2D eigenvalue weighted by Crippen LogP contribution is 2.15. The molecule has 0 radical (unpaired) electrons. The Morgan fingerprint density at radius 2 is 2.19 bits per heavy atom. The number of sulfonamides is 1. The van der Waals surface area contributed by atoms with Gasteiger partial charge in [-0.2, -0.15) is 9.40 Å². The van der Waals surface area contributed by atoms with Crippen molar-refractivity contribution in [3.05, 3.63) is 30.6 Å². The fraction of sp³-hybridized carbons (Fsp3) is 0.500. The minimum atomic E-state index is -3.56. The Morgan fingerprint density at radius 3 is 2.81 bits per heavy atom. The highest BCUT2D eigenvalue weighted by Gasteiger charge is 2.23. The predicted octanol–water partition coefficient (Wildman–Crippen LogP) is -0.343. The third-order valence-electron chi connectivity index (χ3n) is 3.19. The molecule has 2 aromatic rings. The molecule has 0 amide bonds. The summed E-state index contributed by atoms with van der Waals surface area (Å²) in [6.07, 6.45) is 6.35. The first-order valence-electron chi connectivity index (χ1n) is 6.54. The first-order valence-corrected chi connectivity index (χ1v) is 7.98. The number of nitrogens with one attached hydrogen (secondary N) is 1. The van der Waals surface area contributed by atoms with E-state index in [0.29, 0.717) is 12.4 Å². The molecular formula is C12H20N6O2S. The average molecular weight is 312 g/mol. The summed E-state index contributed by atoms with van der Waals surface area (Å²) in [5, 5.41) is 7.06. The van der Waals surface area contributed by atoms with Crippen molar-refractivity contribution in [2.45, 2.75) is 18.0 Å². The van der Waals surface area contributed by atoms with Gasteiger partial charge in [-0.25, -0.2) is 13.4 Å². The molecule has 21 heavy (non-hydrogen) atoms. The first kappa shape index (κ1) is 15.7. The number of rotatable bonds is 7. The van der Waals surface area contributed by atoms with Crippen LogP contribution in [0.3, 0.4) is 0 Å². The summed E-state index contributed by atoms with van der Waals surface area (Å²) in [5.74, 6) is 0.684. The molecule has 2 heterocycles. The Bertz CT molecular complexity index is 690. The second kappa shape index (κ2) is 6.37. The molecule has 2 aromatic heterocycles. The van der Waals surface area contributed by atoms with Crippen LogP contribution in [-0.4, -0.2) is 52.7 Å². The summed E-state index contributed by atoms with van der Waals surface area (Å²) < 4.78 is 29.6. The Labute approximate surface area is 124 Å². The SMILES string of the molecule is CNCCn1cc(S(=O)(=O)N(C)Cc2nccn2C)cn1. The van der Waals surface area contributed by atoms with Gasteiger partial charge in [-0.3, -0.25) is 4.68 Å². The molecule has 0 bridgehead atoms. The molecule has 0 aliphatic carbocycles. The van der Waals surface area contributed by atoms with Gasteiger partial charge in [0.2, 0.25) is 10.0 Å². The van der Waals surface area contributed by atoms with Crippen LogP contribution >= 0.6 is 0 Å². The molecule has 0 aliphatic rings. The zero-order valence-electron chi connectivity index (χ0n) is 12.4. The summed E-state index contributed by atoms with van der Waals surface area (Å²) in [7, 11) is 1.64. The number of aromatic nitrogens is 4. The van der Waals surface area contributed by atoms with Crippen molar-refractivity contribution in [2.24, 2.45) is 7.05 Å². The van der Waals surface area contributed by atoms with Crippen LogP contribution in [0, 0.1) is 0 Å². The van der Waals surface area contributed by atoms with Crippen molar-refractivity contribution in [2.75, 3.05) is 20.6 Å². The molecule has 0 spiro atoms. The predicted molar refractivity (Wildman–Crippen MR) is 78.0 cm³/mol. The van der Waals surface area contributed by atoms with Crippen molar-refractivity contribution in [1.29, 1.82) is 0 Å². The molecular weight excluding hydrogens is 292 g/mol. The van der Waals surface area contributed by atoms with Gasteiger partial charge in [0.1, 0.15) is 10.7 Å². The Hall–Kier alpha value is -1.71. The third kappa shape index (κ3) is 3.49. The Kier molecular flexibility index (Phi) is 4.76. The van der Waals surface area contributed by atoms with E-state index in [2.05, 4.69) is 15.4 Å². The van der Waals surface area contributed by atoms with Gasteiger partial charge in [0.05, 0.1) is 19.3 Å². The Balaban J connectivity index is 2.13. The van der Waals surface area contributed by atoms with Gasteiger partial charge >= 0.3 is 0 Å². The quantitative estimate of drug-likeness (QED) is 0.756. The molecule has 0 unspecified atom stereocenters. The van der Waals surface area contributed by atoms with E-state index in [1.807, 2.05) is 14.1 Å². The van der Waals surface area contributed by atoms with Crippen molar-refractivity contribution in [1.82, 2.24) is 29.0 Å². The topological polar surface area (TPSA) is 85.0 Å². The molecule has 1 N–H and O–H groups in total. The normalized spacial score (nSPS) is 12.2. The number of hydrogen-bond acceptors (Lipinski definition) is 5. The fourth-order valence-electron chi connectivity index (χ4n) is 1.84. The second-order valence-corrected chi connectivity index (χ2v) is 6.80. The molecule has 0 aromatic carbocycles. The lowest BCUT2D eigenvalue weighted by atomic mass is 10.6. The van der Waals surface area contributed by atoms with Gasteiger partial charge in [0.25, 0.3) is 0 Å². The molecule has 8 nitrogen and oxygen atoms in total. The molecule has 116 valence electrons. The van der Waals surface area contributed by atoms with Crippen LogP contribution in [0.4, 0.5) is 0 Å². The minimum absolute atomic E-state index is 0.190. The standard InChI is InChI=1S/C12H20N6O2S/c1-13-4-7-18-9-11(8-15-18)21(19,20)17(3)10-12-14-5-6-16(12)2/h5-6,8-9,13H,4,7,10H2,1-3H3. The smallest absolute Gasteiger partial charge is 0.246 e. The highest BCUT2D eigenvalue weighted by molar-refractivity contribution is 7.89. The van der Waals surface area contributed by atoms with Gasteiger partial charge in [0.15, 0.2) is 0 Å². The van der Waals surface area contributed by atoms with E-state index >= 15 is 0 Å². The molecule has 0 aliphatic heterocycles. The number of aryl methyl sites for hydroxylation is 1. The van der Waals surface area contributed by atoms with Crippen LogP contribution in [0.25, 0.3) is 0 Å². The summed E-state index contributed by atoms with van der Waals surface area (Å²) in [4.78, 5) is 4.33. The molecule has 0 atom stereocenters. The average Bonchev–Trinajstić information content (AvgIpc) is 3.06. The van der Waals surface area contributed by atoms with E-state index in [-0.39, 0.29) is 11.4 Å². The summed E-state index contributed by atoms with van der Waals surface area (Å²) >= 11 is 0. The van der Waals surface area contributed by atoms with Crippen molar-refractivity contribution in [3.8, 4) is 0 Å². The van der Waals surface area contributed by atoms with Gasteiger partial charge in [-0.15, -0.1) is 0 Å². The van der Waals surface area contributed by atoms with E-state index in [4.69, 9.17) is 0 Å². The molecule has 0 fully saturated rings. The fourth-order valence-corrected chi connectivity index (χ4v) is 2.92. The monoisotopic (exact) mass is 312 g/mol. The molecule has 0 saturated carbocycles. The largest absolute Gasteiger partial charge is 0.337 e. The van der Waals surface area contributed by atoms with Gasteiger partial charge < -0.3 is 9.88 Å². The van der Waals surface area contributed by atoms with Crippen LogP contribution in [0.5, 0.6) is 0 Å². The van der Waals surface area contributed by atoms with Gasteiger partial charge in [0, 0.05) is 39.2 Å². The molecule has 2 rings (SSSR count). The first-order chi connectivity index (χ1) is 9.95. The lowest BCUT2D eigenvalue weighted by molar-refractivity contribution is 0.451. The number of imidazole rings is 1. The maximum Gasteiger partial charge on any atom is 0.246 e. The number of nitrogens with zero attached hydrogens (tertiary/aromatic N) is 5. The van der Waals surface area contributed by atoms with E-state index < -0.39 is 10.0 Å². The minimum Gasteiger partial charge on any atom is -0.337 e. The zero-order chi connectivity index (χ0) is 15.5. The maximum absolute atomic E-state index is 12.5. The third-order valence-corrected chi connectivity index (χ3v) is 4.95. The lowest BCUT2D eigenvalue weighted by Crippen LogP contribution is -2.27.